The van der Waals surface area contributed by atoms with Crippen molar-refractivity contribution in [3.05, 3.63) is 11.1 Å². The second kappa shape index (κ2) is 2.68. The van der Waals surface area contributed by atoms with E-state index in [0.29, 0.717) is 2.91 Å². The van der Waals surface area contributed by atoms with Gasteiger partial charge < -0.3 is 1.43 Å². The molecular formula is C8H13PSc-. The molecule has 0 nitrogen and oxygen atoms in total. The average Bonchev–Trinajstić information content (AvgIpc) is 1.95. The zero-order chi connectivity index (χ0) is 7.94. The van der Waals surface area contributed by atoms with Crippen LogP contribution in [-0.2, 0) is 24.4 Å². The van der Waals surface area contributed by atoms with Gasteiger partial charge in [-0.3, -0.25) is 0 Å². The van der Waals surface area contributed by atoms with Crippen LogP contribution in [0.4, 0.5) is 0 Å². The molecule has 0 amide bonds. The smallest absolute Gasteiger partial charge is 1.00 e. The number of hydrogen-bond donors (Lipinski definition) is 0. The van der Waals surface area contributed by atoms with E-state index in [9.17, 15) is 0 Å². The standard InChI is InChI=1S/C8H12P.Sc.H/c1-5-6(2)8(4)9-7(5)3;;/h1-4H3;;/q;;-1. The van der Waals surface area contributed by atoms with Gasteiger partial charge in [-0.05, 0) is 0 Å². The molecule has 0 bridgehead atoms. The van der Waals surface area contributed by atoms with Gasteiger partial charge in [0.2, 0.25) is 0 Å². The summed E-state index contributed by atoms with van der Waals surface area (Å²) in [6, 6.07) is 0. The SMILES string of the molecule is CC1=P[C](C)([Sc])C(C)=C1C.[H-]. The predicted octanol–water partition coefficient (Wildman–Crippen LogP) is 2.85. The molecule has 1 heterocycles. The van der Waals surface area contributed by atoms with Crippen LogP contribution in [0.5, 0.6) is 0 Å². The van der Waals surface area contributed by atoms with E-state index < -0.39 is 0 Å². The Morgan fingerprint density at radius 3 is 2.00 bits per heavy atom. The van der Waals surface area contributed by atoms with Crippen molar-refractivity contribution in [2.75, 3.05) is 0 Å². The van der Waals surface area contributed by atoms with Crippen molar-refractivity contribution in [1.29, 1.82) is 0 Å². The first kappa shape index (κ1) is 8.87. The summed E-state index contributed by atoms with van der Waals surface area (Å²) in [5.41, 5.74) is 3.13. The summed E-state index contributed by atoms with van der Waals surface area (Å²) in [4.78, 5) is 0. The van der Waals surface area contributed by atoms with Gasteiger partial charge in [0.1, 0.15) is 0 Å². The summed E-state index contributed by atoms with van der Waals surface area (Å²) in [6.45, 7) is 9.08. The Hall–Kier alpha value is 0.780. The zero-order valence-electron chi connectivity index (χ0n) is 8.02. The van der Waals surface area contributed by atoms with Crippen molar-refractivity contribution in [2.24, 2.45) is 0 Å². The fourth-order valence-electron chi connectivity index (χ4n) is 1.17. The first-order valence-corrected chi connectivity index (χ1v) is 5.28. The van der Waals surface area contributed by atoms with Gasteiger partial charge >= 0.3 is 79.6 Å². The molecule has 1 aliphatic rings. The molecule has 0 saturated carbocycles. The van der Waals surface area contributed by atoms with Gasteiger partial charge in [-0.2, -0.15) is 0 Å². The Kier molecular flexibility index (Phi) is 2.38. The maximum Gasteiger partial charge on any atom is -1.00 e. The molecule has 1 atom stereocenters. The van der Waals surface area contributed by atoms with E-state index in [1.807, 2.05) is 24.4 Å². The van der Waals surface area contributed by atoms with Crippen LogP contribution in [0, 0.1) is 0 Å². The van der Waals surface area contributed by atoms with Crippen LogP contribution in [0.25, 0.3) is 0 Å². The Balaban J connectivity index is 0.000001000. The zero-order valence-corrected chi connectivity index (χ0v) is 9.72. The molecule has 0 fully saturated rings. The minimum atomic E-state index is 0. The van der Waals surface area contributed by atoms with Crippen molar-refractivity contribution < 1.29 is 25.8 Å². The van der Waals surface area contributed by atoms with E-state index in [-0.39, 0.29) is 1.43 Å². The fourth-order valence-corrected chi connectivity index (χ4v) is 3.78. The first-order chi connectivity index (χ1) is 4.45. The Morgan fingerprint density at radius 2 is 1.90 bits per heavy atom. The number of allylic oxidation sites excluding steroid dienone is 2. The molecular weight excluding hydrogens is 172 g/mol. The van der Waals surface area contributed by atoms with Gasteiger partial charge in [-0.25, -0.2) is 0 Å². The monoisotopic (exact) mass is 185 g/mol. The van der Waals surface area contributed by atoms with E-state index in [0.717, 1.165) is 0 Å². The van der Waals surface area contributed by atoms with E-state index in [1.54, 1.807) is 10.9 Å². The van der Waals surface area contributed by atoms with Crippen LogP contribution in [0.3, 0.4) is 0 Å². The molecule has 10 heavy (non-hydrogen) atoms. The third-order valence-corrected chi connectivity index (χ3v) is 5.02. The van der Waals surface area contributed by atoms with Gasteiger partial charge in [0.15, 0.2) is 0 Å². The maximum atomic E-state index is 2.34. The molecule has 0 saturated heterocycles. The van der Waals surface area contributed by atoms with Crippen molar-refractivity contribution >= 4 is 13.5 Å². The molecule has 0 N–H and O–H groups in total. The minimum absolute atomic E-state index is 0. The van der Waals surface area contributed by atoms with Crippen LogP contribution < -0.4 is 0 Å². The van der Waals surface area contributed by atoms with Crippen LogP contribution in [0.2, 0.25) is 0 Å². The van der Waals surface area contributed by atoms with Gasteiger partial charge in [0, 0.05) is 0 Å². The Bertz CT molecular complexity index is 228. The van der Waals surface area contributed by atoms with E-state index in [1.165, 1.54) is 13.8 Å². The van der Waals surface area contributed by atoms with E-state index in [4.69, 9.17) is 0 Å². The van der Waals surface area contributed by atoms with Gasteiger partial charge in [-0.1, -0.05) is 0 Å². The van der Waals surface area contributed by atoms with E-state index >= 15 is 0 Å². The summed E-state index contributed by atoms with van der Waals surface area (Å²) in [6.07, 6.45) is 0. The molecule has 1 aliphatic heterocycles. The van der Waals surface area contributed by atoms with Crippen molar-refractivity contribution in [1.82, 2.24) is 0 Å². The van der Waals surface area contributed by atoms with Gasteiger partial charge in [0.05, 0.1) is 0 Å². The second-order valence-electron chi connectivity index (χ2n) is 3.09. The first-order valence-electron chi connectivity index (χ1n) is 3.49. The summed E-state index contributed by atoms with van der Waals surface area (Å²) >= 11 is 1.85. The molecule has 0 aromatic heterocycles. The molecule has 0 aliphatic carbocycles. The van der Waals surface area contributed by atoms with Crippen molar-refractivity contribution in [3.63, 3.8) is 0 Å². The van der Waals surface area contributed by atoms with E-state index in [2.05, 4.69) is 27.7 Å². The molecule has 0 aromatic carbocycles. The van der Waals surface area contributed by atoms with Crippen LogP contribution >= 0.6 is 8.20 Å². The fraction of sp³-hybridized carbons (Fsp3) is 0.625. The van der Waals surface area contributed by atoms with Crippen LogP contribution in [-0.4, -0.2) is 8.21 Å². The molecule has 0 spiro atoms. The summed E-state index contributed by atoms with van der Waals surface area (Å²) in [7, 11) is 1.52. The van der Waals surface area contributed by atoms with Crippen molar-refractivity contribution in [3.8, 4) is 0 Å². The molecule has 0 aromatic rings. The predicted molar refractivity (Wildman–Crippen MR) is 45.5 cm³/mol. The maximum absolute atomic E-state index is 2.34. The molecule has 1 unspecified atom stereocenters. The van der Waals surface area contributed by atoms with Crippen LogP contribution in [0.1, 0.15) is 29.1 Å². The van der Waals surface area contributed by atoms with Gasteiger partial charge in [-0.15, -0.1) is 0 Å². The normalized spacial score (nSPS) is 34.5. The second-order valence-corrected chi connectivity index (χ2v) is 7.48. The largest absolute Gasteiger partial charge is 1.00 e. The Labute approximate surface area is 80.9 Å². The molecule has 0 radical (unpaired) electrons. The summed E-state index contributed by atoms with van der Waals surface area (Å²) in [5.74, 6) is 0. The number of hydrogen-bond acceptors (Lipinski definition) is 0. The molecule has 54 valence electrons. The average molecular weight is 185 g/mol. The minimum Gasteiger partial charge on any atom is -1.00 e. The Morgan fingerprint density at radius 1 is 1.40 bits per heavy atom. The third-order valence-electron chi connectivity index (χ3n) is 2.26. The molecule has 2 heteroatoms. The molecule has 1 rings (SSSR count). The van der Waals surface area contributed by atoms with Crippen molar-refractivity contribution in [2.45, 2.75) is 30.6 Å². The van der Waals surface area contributed by atoms with Crippen LogP contribution in [0.15, 0.2) is 11.1 Å². The topological polar surface area (TPSA) is 0 Å². The number of rotatable bonds is 0. The summed E-state index contributed by atoms with van der Waals surface area (Å²) < 4.78 is 0.473. The summed E-state index contributed by atoms with van der Waals surface area (Å²) in [5, 5.41) is 1.56. The third kappa shape index (κ3) is 1.36. The quantitative estimate of drug-likeness (QED) is 0.509. The van der Waals surface area contributed by atoms with Gasteiger partial charge in [0.25, 0.3) is 0 Å².